The summed E-state index contributed by atoms with van der Waals surface area (Å²) in [6.07, 6.45) is 0. The molecule has 2 unspecified atom stereocenters. The lowest BCUT2D eigenvalue weighted by molar-refractivity contribution is -0.385. The molecular weight excluding hydrogens is 1590 g/mol. The lowest BCUT2D eigenvalue weighted by Crippen LogP contribution is -2.65. The first-order valence-electron chi connectivity index (χ1n) is 34.8. The molecule has 7 N–H and O–H groups in total. The molecule has 600 valence electrons. The number of ether oxygens (including phenoxy) is 4. The minimum atomic E-state index is -4.21. The molecule has 12 atom stereocenters. The normalized spacial score (nSPS) is 30.8. The maximum absolute atomic E-state index is 14.8. The summed E-state index contributed by atoms with van der Waals surface area (Å²) in [6.45, 7) is 8.17. The number of rotatable bonds is 10. The van der Waals surface area contributed by atoms with E-state index in [1.165, 1.54) is 125 Å². The number of nitrogens with one attached hydrogen (secondary N) is 1. The van der Waals surface area contributed by atoms with Crippen LogP contribution in [0.15, 0.2) is 209 Å². The number of nitro benzene ring substituents is 2. The van der Waals surface area contributed by atoms with E-state index in [9.17, 15) is 89.0 Å². The van der Waals surface area contributed by atoms with Crippen LogP contribution < -0.4 is 22.5 Å². The lowest BCUT2D eigenvalue weighted by Gasteiger charge is -2.48. The van der Waals surface area contributed by atoms with Crippen molar-refractivity contribution in [3.8, 4) is 0 Å². The number of aliphatic imine (C=N–C) groups is 3. The average molecular weight is 1660 g/mol. The van der Waals surface area contributed by atoms with Crippen molar-refractivity contribution in [3.05, 3.63) is 306 Å². The molecule has 0 saturated carbocycles. The summed E-state index contributed by atoms with van der Waals surface area (Å²) in [6, 6.07) is 37.7. The second-order valence-electron chi connectivity index (χ2n) is 29.0. The van der Waals surface area contributed by atoms with E-state index in [1.807, 2.05) is 0 Å². The Bertz CT molecular complexity index is 5650. The zero-order chi connectivity index (χ0) is 82.7. The standard InChI is InChI=1S/C20H19F2NO3S.2C19H17F2N3O5S.C19H18F2N2O3S/c1-13-19(2,14-7-9-15(21)10-8-14)27(24,25)18-11-26-12-20(18,23-13)16-5-3-4-6-17(16)22;2*1-18(11-2-4-12(20)5-3-11)17(22)23-19(10-29-9-16(19)30(18,27)28)14-8-13(24(25)26)6-7-15(14)21;1-18(12-6-8-13(20)9-7-12)17(22)23-19(14-4-2-3-5-15(14)21)11-26-10-16(19)27(18,24)25/h3-10,18,23H,1,11-12H2,2H3;2*2-8,16H,9-10H2,1H3,(H2,22,23);2-9,16H,10-11H2,1H3,(H2,22,23)/t18-,19?,20-;16-,18+,19-;16-,18-,19-;16-,18?,19-/m1111/s1. The number of halogens is 8. The highest BCUT2D eigenvalue weighted by molar-refractivity contribution is 7.95. The Morgan fingerprint density at radius 3 is 0.982 bits per heavy atom. The zero-order valence-corrected chi connectivity index (χ0v) is 63.9. The van der Waals surface area contributed by atoms with Gasteiger partial charge < -0.3 is 41.5 Å². The first-order valence-corrected chi connectivity index (χ1v) is 41.0. The summed E-state index contributed by atoms with van der Waals surface area (Å²) in [5.41, 5.74) is 12.6. The minimum Gasteiger partial charge on any atom is -0.386 e. The molecule has 114 heavy (non-hydrogen) atoms. The van der Waals surface area contributed by atoms with E-state index in [0.29, 0.717) is 11.1 Å². The number of hydrogen-bond donors (Lipinski definition) is 4. The third-order valence-electron chi connectivity index (χ3n) is 23.2. The van der Waals surface area contributed by atoms with Crippen molar-refractivity contribution in [3.63, 3.8) is 0 Å². The number of fused-ring (bicyclic) bond motifs is 4. The van der Waals surface area contributed by atoms with E-state index >= 15 is 0 Å². The van der Waals surface area contributed by atoms with Gasteiger partial charge in [0.1, 0.15) is 112 Å². The van der Waals surface area contributed by atoms with E-state index in [4.69, 9.17) is 36.1 Å². The largest absolute Gasteiger partial charge is 0.386 e. The number of sulfone groups is 4. The highest BCUT2D eigenvalue weighted by atomic mass is 32.2. The van der Waals surface area contributed by atoms with Crippen LogP contribution in [0, 0.1) is 66.8 Å². The molecule has 16 rings (SSSR count). The van der Waals surface area contributed by atoms with Gasteiger partial charge in [0.2, 0.25) is 0 Å². The predicted molar refractivity (Wildman–Crippen MR) is 402 cm³/mol. The van der Waals surface area contributed by atoms with Gasteiger partial charge >= 0.3 is 0 Å². The van der Waals surface area contributed by atoms with Crippen LogP contribution in [0.2, 0.25) is 0 Å². The number of nitro groups is 2. The molecule has 8 aliphatic rings. The van der Waals surface area contributed by atoms with Crippen LogP contribution in [0.4, 0.5) is 46.5 Å². The highest BCUT2D eigenvalue weighted by Gasteiger charge is 2.69. The van der Waals surface area contributed by atoms with E-state index in [-0.39, 0.29) is 109 Å². The van der Waals surface area contributed by atoms with Gasteiger partial charge in [-0.05, 0) is 123 Å². The Morgan fingerprint density at radius 2 is 0.658 bits per heavy atom. The monoisotopic (exact) mass is 1660 g/mol. The van der Waals surface area contributed by atoms with Gasteiger partial charge in [-0.2, -0.15) is 0 Å². The van der Waals surface area contributed by atoms with Crippen LogP contribution in [0.3, 0.4) is 0 Å². The number of benzene rings is 8. The van der Waals surface area contributed by atoms with E-state index in [2.05, 4.69) is 26.9 Å². The first-order chi connectivity index (χ1) is 53.5. The summed E-state index contributed by atoms with van der Waals surface area (Å²) in [5, 5.41) is 20.7. The molecule has 25 nitrogen and oxygen atoms in total. The van der Waals surface area contributed by atoms with Crippen LogP contribution >= 0.6 is 0 Å². The third kappa shape index (κ3) is 12.3. The van der Waals surface area contributed by atoms with Gasteiger partial charge in [0, 0.05) is 52.2 Å². The summed E-state index contributed by atoms with van der Waals surface area (Å²) < 4.78 is 237. The van der Waals surface area contributed by atoms with Crippen molar-refractivity contribution in [2.75, 3.05) is 52.9 Å². The molecule has 0 aliphatic carbocycles. The topological polar surface area (TPSA) is 387 Å². The Kier molecular flexibility index (Phi) is 20.6. The molecule has 0 aromatic heterocycles. The molecule has 8 aromatic rings. The zero-order valence-electron chi connectivity index (χ0n) is 60.7. The van der Waals surface area contributed by atoms with Crippen molar-refractivity contribution < 1.29 is 97.6 Å². The molecule has 0 radical (unpaired) electrons. The van der Waals surface area contributed by atoms with Crippen molar-refractivity contribution in [1.29, 1.82) is 0 Å². The maximum atomic E-state index is 14.8. The second kappa shape index (κ2) is 28.8. The maximum Gasteiger partial charge on any atom is 0.270 e. The van der Waals surface area contributed by atoms with Gasteiger partial charge in [-0.25, -0.2) is 68.8 Å². The fourth-order valence-corrected chi connectivity index (χ4v) is 26.0. The van der Waals surface area contributed by atoms with Crippen molar-refractivity contribution in [1.82, 2.24) is 5.32 Å². The van der Waals surface area contributed by atoms with Gasteiger partial charge in [-0.3, -0.25) is 35.2 Å². The molecule has 5 saturated heterocycles. The number of amidine groups is 3. The van der Waals surface area contributed by atoms with Crippen molar-refractivity contribution in [2.24, 2.45) is 32.2 Å². The smallest absolute Gasteiger partial charge is 0.270 e. The lowest BCUT2D eigenvalue weighted by atomic mass is 9.85. The molecule has 8 aliphatic heterocycles. The first kappa shape index (κ1) is 81.6. The Balaban J connectivity index is 0.000000133. The summed E-state index contributed by atoms with van der Waals surface area (Å²) in [4.78, 5) is 34.2. The molecule has 0 bridgehead atoms. The third-order valence-corrected chi connectivity index (χ3v) is 34.7. The molecule has 5 fully saturated rings. The Morgan fingerprint density at radius 1 is 0.386 bits per heavy atom. The summed E-state index contributed by atoms with van der Waals surface area (Å²) >= 11 is 0. The van der Waals surface area contributed by atoms with Crippen molar-refractivity contribution >= 4 is 68.2 Å². The molecule has 0 spiro atoms. The van der Waals surface area contributed by atoms with Gasteiger partial charge in [-0.15, -0.1) is 0 Å². The summed E-state index contributed by atoms with van der Waals surface area (Å²) in [7, 11) is -16.3. The number of nitrogens with two attached hydrogens (primary N) is 3. The Labute approximate surface area is 648 Å². The van der Waals surface area contributed by atoms with Crippen molar-refractivity contribution in [2.45, 2.75) is 89.8 Å². The summed E-state index contributed by atoms with van der Waals surface area (Å²) in [5.74, 6) is -5.66. The predicted octanol–water partition coefficient (Wildman–Crippen LogP) is 9.60. The molecule has 8 heterocycles. The minimum absolute atomic E-state index is 0.0103. The van der Waals surface area contributed by atoms with Crippen LogP contribution in [0.1, 0.15) is 72.2 Å². The number of non-ortho nitro benzene ring substituents is 2. The number of nitrogens with zero attached hydrogens (tertiary/aromatic N) is 5. The van der Waals surface area contributed by atoms with E-state index in [1.54, 1.807) is 24.3 Å². The fourth-order valence-electron chi connectivity index (χ4n) is 16.3. The highest BCUT2D eigenvalue weighted by Crippen LogP contribution is 2.56. The van der Waals surface area contributed by atoms with E-state index in [0.717, 1.165) is 60.7 Å². The van der Waals surface area contributed by atoms with Gasteiger partial charge in [0.25, 0.3) is 11.4 Å². The number of hydrogen-bond acceptors (Lipinski definition) is 23. The Hall–Kier alpha value is -10.4. The van der Waals surface area contributed by atoms with Crippen LogP contribution in [0.5, 0.6) is 0 Å². The molecule has 37 heteroatoms. The van der Waals surface area contributed by atoms with Crippen LogP contribution in [-0.4, -0.2) is 135 Å². The second-order valence-corrected chi connectivity index (χ2v) is 38.9. The molecule has 8 aromatic carbocycles. The van der Waals surface area contributed by atoms with Gasteiger partial charge in [-0.1, -0.05) is 91.5 Å². The SMILES string of the molecule is C=C1N[C@@]2(c3ccccc3F)COC[C@H]2S(=O)(=O)C1(C)c1ccc(F)cc1.CC1(c2ccc(F)cc2)C(N)=N[C@@]2(c3ccccc3F)COC[C@H]2S1(=O)=O.C[C@@]1(c2ccc(F)cc2)C(N)=N[C@@]2(c3cc([N+](=O)[O-])ccc3F)COC[C@H]2S1(=O)=O.C[C@]1(c2ccc(F)cc2)C(N)=N[C@@]2(c3cc([N+](=O)[O-])ccc3F)COC[C@H]2S1(=O)=O. The average Bonchev–Trinajstić information content (AvgIpc) is 1.35. The molecule has 0 amide bonds. The molecular formula is C77H71F8N9O16S4. The van der Waals surface area contributed by atoms with Gasteiger partial charge in [0.05, 0.1) is 62.7 Å². The van der Waals surface area contributed by atoms with Crippen LogP contribution in [-0.2, 0) is 99.4 Å². The van der Waals surface area contributed by atoms with E-state index < -0.39 is 169 Å². The van der Waals surface area contributed by atoms with Gasteiger partial charge in [0.15, 0.2) is 53.6 Å². The van der Waals surface area contributed by atoms with Crippen LogP contribution in [0.25, 0.3) is 0 Å². The quantitative estimate of drug-likeness (QED) is 0.0562. The fraction of sp³-hybridized carbons (Fsp3) is 0.312.